The summed E-state index contributed by atoms with van der Waals surface area (Å²) in [6.07, 6.45) is 2.28. The minimum atomic E-state index is -2.93. The number of rotatable bonds is 6. The molecule has 0 spiro atoms. The number of benzene rings is 1. The van der Waals surface area contributed by atoms with Crippen LogP contribution in [0.5, 0.6) is 5.75 Å². The van der Waals surface area contributed by atoms with E-state index in [2.05, 4.69) is 10.1 Å². The fraction of sp³-hybridized carbons (Fsp3) is 0.467. The number of hydrogen-bond donors (Lipinski definition) is 1. The van der Waals surface area contributed by atoms with Crippen LogP contribution in [0, 0.1) is 0 Å². The predicted molar refractivity (Wildman–Crippen MR) is 75.8 cm³/mol. The number of likely N-dealkylation sites (tertiary alicyclic amines) is 1. The Morgan fingerprint density at radius 3 is 2.68 bits per heavy atom. The van der Waals surface area contributed by atoms with Crippen molar-refractivity contribution < 1.29 is 23.1 Å². The summed E-state index contributed by atoms with van der Waals surface area (Å²) in [7, 11) is 0. The van der Waals surface area contributed by atoms with Gasteiger partial charge in [-0.3, -0.25) is 9.59 Å². The summed E-state index contributed by atoms with van der Waals surface area (Å²) in [5, 5.41) is 2.60. The van der Waals surface area contributed by atoms with Crippen LogP contribution in [0.2, 0.25) is 0 Å². The standard InChI is InChI=1S/C15H18F2N2O3/c16-15(17)22-12-5-3-4-11(10-12)14(21)18-7-6-13(20)19-8-1-2-9-19/h3-5,10,15H,1-2,6-9H2,(H,18,21). The molecule has 0 aromatic heterocycles. The summed E-state index contributed by atoms with van der Waals surface area (Å²) >= 11 is 0. The average Bonchev–Trinajstić information content (AvgIpc) is 3.01. The van der Waals surface area contributed by atoms with Gasteiger partial charge in [0.2, 0.25) is 5.91 Å². The van der Waals surface area contributed by atoms with Gasteiger partial charge in [0, 0.05) is 31.6 Å². The van der Waals surface area contributed by atoms with Crippen molar-refractivity contribution in [1.29, 1.82) is 0 Å². The van der Waals surface area contributed by atoms with Crippen LogP contribution in [0.1, 0.15) is 29.6 Å². The number of carbonyl (C=O) groups excluding carboxylic acids is 2. The Balaban J connectivity index is 1.80. The van der Waals surface area contributed by atoms with Crippen molar-refractivity contribution in [3.8, 4) is 5.75 Å². The number of nitrogens with one attached hydrogen (secondary N) is 1. The largest absolute Gasteiger partial charge is 0.435 e. The van der Waals surface area contributed by atoms with Gasteiger partial charge in [0.15, 0.2) is 0 Å². The second-order valence-corrected chi connectivity index (χ2v) is 5.00. The number of ether oxygens (including phenoxy) is 1. The van der Waals surface area contributed by atoms with Crippen LogP contribution in [0.25, 0.3) is 0 Å². The Labute approximate surface area is 127 Å². The maximum atomic E-state index is 12.1. The van der Waals surface area contributed by atoms with Crippen molar-refractivity contribution in [2.45, 2.75) is 25.9 Å². The molecule has 0 unspecified atom stereocenters. The highest BCUT2D eigenvalue weighted by Gasteiger charge is 2.17. The van der Waals surface area contributed by atoms with Crippen LogP contribution in [-0.2, 0) is 4.79 Å². The van der Waals surface area contributed by atoms with Gasteiger partial charge in [-0.25, -0.2) is 0 Å². The van der Waals surface area contributed by atoms with Crippen LogP contribution in [-0.4, -0.2) is 43.0 Å². The van der Waals surface area contributed by atoms with E-state index >= 15 is 0 Å². The average molecular weight is 312 g/mol. The molecular formula is C15H18F2N2O3. The molecule has 0 aliphatic carbocycles. The summed E-state index contributed by atoms with van der Waals surface area (Å²) in [6, 6.07) is 5.54. The lowest BCUT2D eigenvalue weighted by atomic mass is 10.2. The van der Waals surface area contributed by atoms with E-state index in [1.807, 2.05) is 0 Å². The Bertz CT molecular complexity index is 531. The molecule has 1 aliphatic rings. The van der Waals surface area contributed by atoms with Crippen molar-refractivity contribution in [3.63, 3.8) is 0 Å². The van der Waals surface area contributed by atoms with Gasteiger partial charge in [0.25, 0.3) is 5.91 Å². The maximum absolute atomic E-state index is 12.1. The van der Waals surface area contributed by atoms with Crippen LogP contribution < -0.4 is 10.1 Å². The van der Waals surface area contributed by atoms with Crippen molar-refractivity contribution in [2.24, 2.45) is 0 Å². The van der Waals surface area contributed by atoms with Crippen molar-refractivity contribution >= 4 is 11.8 Å². The summed E-state index contributed by atoms with van der Waals surface area (Å²) in [5.74, 6) is -0.475. The number of carbonyl (C=O) groups is 2. The second kappa shape index (κ2) is 7.72. The highest BCUT2D eigenvalue weighted by atomic mass is 19.3. The number of nitrogens with zero attached hydrogens (tertiary/aromatic N) is 1. The van der Waals surface area contributed by atoms with E-state index in [9.17, 15) is 18.4 Å². The molecule has 22 heavy (non-hydrogen) atoms. The zero-order valence-electron chi connectivity index (χ0n) is 12.1. The number of amides is 2. The van der Waals surface area contributed by atoms with E-state index in [-0.39, 0.29) is 30.2 Å². The minimum Gasteiger partial charge on any atom is -0.435 e. The molecule has 120 valence electrons. The van der Waals surface area contributed by atoms with Gasteiger partial charge in [-0.1, -0.05) is 6.07 Å². The number of alkyl halides is 2. The molecule has 1 heterocycles. The second-order valence-electron chi connectivity index (χ2n) is 5.00. The number of hydrogen-bond acceptors (Lipinski definition) is 3. The highest BCUT2D eigenvalue weighted by Crippen LogP contribution is 2.16. The van der Waals surface area contributed by atoms with E-state index in [1.54, 1.807) is 4.90 Å². The fourth-order valence-electron chi connectivity index (χ4n) is 2.32. The molecule has 0 bridgehead atoms. The number of halogens is 2. The van der Waals surface area contributed by atoms with Crippen LogP contribution in [0.15, 0.2) is 24.3 Å². The first-order valence-electron chi connectivity index (χ1n) is 7.17. The Hall–Kier alpha value is -2.18. The zero-order chi connectivity index (χ0) is 15.9. The first-order valence-corrected chi connectivity index (χ1v) is 7.17. The lowest BCUT2D eigenvalue weighted by molar-refractivity contribution is -0.129. The summed E-state index contributed by atoms with van der Waals surface area (Å²) in [4.78, 5) is 25.5. The van der Waals surface area contributed by atoms with Crippen LogP contribution >= 0.6 is 0 Å². The molecule has 0 radical (unpaired) electrons. The topological polar surface area (TPSA) is 58.6 Å². The molecule has 1 aromatic rings. The molecule has 2 amide bonds. The van der Waals surface area contributed by atoms with Crippen LogP contribution in [0.4, 0.5) is 8.78 Å². The third-order valence-corrected chi connectivity index (χ3v) is 3.40. The highest BCUT2D eigenvalue weighted by molar-refractivity contribution is 5.94. The van der Waals surface area contributed by atoms with Crippen molar-refractivity contribution in [1.82, 2.24) is 10.2 Å². The molecule has 1 aliphatic heterocycles. The molecule has 0 atom stereocenters. The van der Waals surface area contributed by atoms with Gasteiger partial charge in [0.1, 0.15) is 5.75 Å². The lowest BCUT2D eigenvalue weighted by Crippen LogP contribution is -2.32. The van der Waals surface area contributed by atoms with E-state index in [0.29, 0.717) is 0 Å². The predicted octanol–water partition coefficient (Wildman–Crippen LogP) is 2.03. The minimum absolute atomic E-state index is 0.0209. The van der Waals surface area contributed by atoms with Crippen LogP contribution in [0.3, 0.4) is 0 Å². The third kappa shape index (κ3) is 4.68. The molecule has 1 aromatic carbocycles. The van der Waals surface area contributed by atoms with E-state index in [1.165, 1.54) is 24.3 Å². The van der Waals surface area contributed by atoms with Gasteiger partial charge in [0.05, 0.1) is 0 Å². The molecule has 7 heteroatoms. The van der Waals surface area contributed by atoms with Gasteiger partial charge in [-0.05, 0) is 31.0 Å². The Kier molecular flexibility index (Phi) is 5.68. The Morgan fingerprint density at radius 1 is 1.27 bits per heavy atom. The smallest absolute Gasteiger partial charge is 0.387 e. The summed E-state index contributed by atoms with van der Waals surface area (Å²) < 4.78 is 28.5. The van der Waals surface area contributed by atoms with Crippen molar-refractivity contribution in [2.75, 3.05) is 19.6 Å². The molecule has 5 nitrogen and oxygen atoms in total. The van der Waals surface area contributed by atoms with Crippen molar-refractivity contribution in [3.05, 3.63) is 29.8 Å². The third-order valence-electron chi connectivity index (χ3n) is 3.40. The normalized spacial score (nSPS) is 14.2. The first kappa shape index (κ1) is 16.2. The Morgan fingerprint density at radius 2 is 2.00 bits per heavy atom. The van der Waals surface area contributed by atoms with Gasteiger partial charge < -0.3 is 15.0 Å². The summed E-state index contributed by atoms with van der Waals surface area (Å²) in [6.45, 7) is -1.16. The lowest BCUT2D eigenvalue weighted by Gasteiger charge is -2.15. The molecule has 0 saturated carbocycles. The van der Waals surface area contributed by atoms with E-state index < -0.39 is 12.5 Å². The van der Waals surface area contributed by atoms with Gasteiger partial charge >= 0.3 is 6.61 Å². The molecule has 1 fully saturated rings. The monoisotopic (exact) mass is 312 g/mol. The molecule has 1 saturated heterocycles. The molecule has 1 N–H and O–H groups in total. The quantitative estimate of drug-likeness (QED) is 0.874. The first-order chi connectivity index (χ1) is 10.6. The van der Waals surface area contributed by atoms with Gasteiger partial charge in [-0.2, -0.15) is 8.78 Å². The van der Waals surface area contributed by atoms with E-state index in [4.69, 9.17) is 0 Å². The van der Waals surface area contributed by atoms with Gasteiger partial charge in [-0.15, -0.1) is 0 Å². The molecule has 2 rings (SSSR count). The zero-order valence-corrected chi connectivity index (χ0v) is 12.1. The SMILES string of the molecule is O=C(NCCC(=O)N1CCCC1)c1cccc(OC(F)F)c1. The van der Waals surface area contributed by atoms with E-state index in [0.717, 1.165) is 25.9 Å². The summed E-state index contributed by atoms with van der Waals surface area (Å²) in [5.41, 5.74) is 0.215. The maximum Gasteiger partial charge on any atom is 0.387 e. The molecular weight excluding hydrogens is 294 g/mol. The fourth-order valence-corrected chi connectivity index (χ4v) is 2.32.